The molecule has 0 spiro atoms. The monoisotopic (exact) mass is 510 g/mol. The average molecular weight is 511 g/mol. The van der Waals surface area contributed by atoms with E-state index in [-0.39, 0.29) is 12.0 Å². The van der Waals surface area contributed by atoms with Gasteiger partial charge in [0.2, 0.25) is 0 Å². The first-order valence-corrected chi connectivity index (χ1v) is 12.7. The minimum atomic E-state index is -1.85. The first-order chi connectivity index (χ1) is 17.4. The van der Waals surface area contributed by atoms with E-state index in [0.717, 1.165) is 50.0 Å². The molecule has 190 valence electrons. The molecule has 2 amide bonds. The number of anilines is 1. The Labute approximate surface area is 216 Å². The number of nitriles is 1. The van der Waals surface area contributed by atoms with Crippen LogP contribution in [0, 0.1) is 17.2 Å². The molecule has 2 aliphatic heterocycles. The van der Waals surface area contributed by atoms with Crippen LogP contribution in [-0.2, 0) is 9.59 Å². The molecule has 2 aliphatic rings. The van der Waals surface area contributed by atoms with Crippen molar-refractivity contribution in [1.29, 1.82) is 5.26 Å². The van der Waals surface area contributed by atoms with Gasteiger partial charge in [-0.05, 0) is 61.4 Å². The van der Waals surface area contributed by atoms with Crippen LogP contribution in [0.15, 0.2) is 48.5 Å². The van der Waals surface area contributed by atoms with Crippen molar-refractivity contribution in [3.8, 4) is 6.07 Å². The van der Waals surface area contributed by atoms with Crippen LogP contribution in [-0.4, -0.2) is 65.3 Å². The highest BCUT2D eigenvalue weighted by Gasteiger charge is 2.38. The van der Waals surface area contributed by atoms with Gasteiger partial charge in [-0.15, -0.1) is 0 Å². The molecule has 2 saturated heterocycles. The number of likely N-dealkylation sites (tertiary alicyclic amines) is 1. The zero-order valence-corrected chi connectivity index (χ0v) is 20.8. The number of carbonyl (C=O) groups is 2. The fraction of sp³-hybridized carbons (Fsp3) is 0.444. The van der Waals surface area contributed by atoms with Crippen LogP contribution in [0.2, 0.25) is 5.02 Å². The van der Waals surface area contributed by atoms with Crippen LogP contribution in [0.25, 0.3) is 0 Å². The Morgan fingerprint density at radius 1 is 1.06 bits per heavy atom. The maximum atomic E-state index is 13.0. The number of para-hydroxylation sites is 1. The second-order valence-electron chi connectivity index (χ2n) is 9.44. The first-order valence-electron chi connectivity index (χ1n) is 12.3. The second-order valence-corrected chi connectivity index (χ2v) is 9.88. The van der Waals surface area contributed by atoms with Crippen molar-refractivity contribution < 1.29 is 19.8 Å². The van der Waals surface area contributed by atoms with Gasteiger partial charge < -0.3 is 25.3 Å². The van der Waals surface area contributed by atoms with Crippen molar-refractivity contribution in [3.05, 3.63) is 64.7 Å². The third-order valence-corrected chi connectivity index (χ3v) is 7.37. The molecule has 0 saturated carbocycles. The minimum absolute atomic E-state index is 0.199. The molecule has 0 aromatic heterocycles. The smallest absolute Gasteiger partial charge is 0.255 e. The molecule has 2 aromatic carbocycles. The summed E-state index contributed by atoms with van der Waals surface area (Å²) in [6.45, 7) is 2.29. The molecule has 0 aliphatic carbocycles. The highest BCUT2D eigenvalue weighted by atomic mass is 35.5. The number of hydrogen-bond donors (Lipinski definition) is 3. The summed E-state index contributed by atoms with van der Waals surface area (Å²) < 4.78 is 0. The summed E-state index contributed by atoms with van der Waals surface area (Å²) in [5, 5.41) is 33.5. The Balaban J connectivity index is 1.27. The SMILES string of the molecule is N#Cc1ccccc1N1CCC(CNC(=O)[C@H](O)C(O)C(=O)N2CCCC2c2cccc(Cl)c2)CC1. The van der Waals surface area contributed by atoms with Gasteiger partial charge in [0, 0.05) is 31.2 Å². The van der Waals surface area contributed by atoms with E-state index in [2.05, 4.69) is 16.3 Å². The topological polar surface area (TPSA) is 117 Å². The normalized spacial score (nSPS) is 20.0. The highest BCUT2D eigenvalue weighted by Crippen LogP contribution is 2.33. The number of rotatable bonds is 7. The van der Waals surface area contributed by atoms with Crippen molar-refractivity contribution >= 4 is 29.1 Å². The first kappa shape index (κ1) is 26.0. The van der Waals surface area contributed by atoms with Gasteiger partial charge in [0.15, 0.2) is 12.2 Å². The number of aliphatic hydroxyl groups is 2. The molecule has 4 rings (SSSR count). The molecule has 8 nitrogen and oxygen atoms in total. The average Bonchev–Trinajstić information content (AvgIpc) is 3.41. The Morgan fingerprint density at radius 3 is 2.53 bits per heavy atom. The van der Waals surface area contributed by atoms with Crippen molar-refractivity contribution in [1.82, 2.24) is 10.2 Å². The van der Waals surface area contributed by atoms with Crippen LogP contribution >= 0.6 is 11.6 Å². The third-order valence-electron chi connectivity index (χ3n) is 7.13. The van der Waals surface area contributed by atoms with Gasteiger partial charge in [0.1, 0.15) is 6.07 Å². The van der Waals surface area contributed by atoms with Gasteiger partial charge in [-0.2, -0.15) is 5.26 Å². The molecule has 2 unspecified atom stereocenters. The van der Waals surface area contributed by atoms with E-state index < -0.39 is 24.0 Å². The number of hydrogen-bond acceptors (Lipinski definition) is 6. The van der Waals surface area contributed by atoms with E-state index in [1.165, 1.54) is 4.90 Å². The predicted octanol–water partition coefficient (Wildman–Crippen LogP) is 2.63. The van der Waals surface area contributed by atoms with Crippen LogP contribution < -0.4 is 10.2 Å². The molecule has 2 heterocycles. The molecule has 3 N–H and O–H groups in total. The van der Waals surface area contributed by atoms with Crippen LogP contribution in [0.3, 0.4) is 0 Å². The molecule has 0 radical (unpaired) electrons. The molecule has 2 fully saturated rings. The Hall–Kier alpha value is -3.12. The largest absolute Gasteiger partial charge is 0.380 e. The van der Waals surface area contributed by atoms with Gasteiger partial charge in [0.05, 0.1) is 17.3 Å². The molecule has 2 aromatic rings. The van der Waals surface area contributed by atoms with Gasteiger partial charge in [0.25, 0.3) is 11.8 Å². The van der Waals surface area contributed by atoms with Crippen molar-refractivity contribution in [2.75, 3.05) is 31.1 Å². The minimum Gasteiger partial charge on any atom is -0.380 e. The number of nitrogens with one attached hydrogen (secondary N) is 1. The number of aliphatic hydroxyl groups excluding tert-OH is 2. The molecular formula is C27H31ClN4O4. The molecule has 0 bridgehead atoms. The number of carbonyl (C=O) groups excluding carboxylic acids is 2. The maximum absolute atomic E-state index is 13.0. The Morgan fingerprint density at radius 2 is 1.81 bits per heavy atom. The zero-order chi connectivity index (χ0) is 25.7. The van der Waals surface area contributed by atoms with E-state index in [4.69, 9.17) is 11.6 Å². The number of piperidine rings is 1. The van der Waals surface area contributed by atoms with E-state index in [1.54, 1.807) is 18.2 Å². The summed E-state index contributed by atoms with van der Waals surface area (Å²) in [6.07, 6.45) is -0.581. The fourth-order valence-corrected chi connectivity index (χ4v) is 5.31. The van der Waals surface area contributed by atoms with E-state index in [9.17, 15) is 25.1 Å². The van der Waals surface area contributed by atoms with Crippen LogP contribution in [0.1, 0.15) is 42.9 Å². The molecule has 9 heteroatoms. The molecule has 36 heavy (non-hydrogen) atoms. The van der Waals surface area contributed by atoms with Gasteiger partial charge in [-0.1, -0.05) is 35.9 Å². The summed E-state index contributed by atoms with van der Waals surface area (Å²) in [6, 6.07) is 16.7. The van der Waals surface area contributed by atoms with Gasteiger partial charge in [-0.25, -0.2) is 0 Å². The van der Waals surface area contributed by atoms with E-state index >= 15 is 0 Å². The molecule has 3 atom stereocenters. The second kappa shape index (κ2) is 11.7. The standard InChI is InChI=1S/C27H31ClN4O4/c28-21-7-3-6-19(15-21)23-9-4-12-32(23)27(36)25(34)24(33)26(35)30-17-18-10-13-31(14-11-18)22-8-2-1-5-20(22)16-29/h1-3,5-8,15,18,23-25,33-34H,4,9-14,17H2,(H,30,35)/t23?,24-,25?/m1/s1. The van der Waals surface area contributed by atoms with Crippen molar-refractivity contribution in [3.63, 3.8) is 0 Å². The summed E-state index contributed by atoms with van der Waals surface area (Å²) in [7, 11) is 0. The summed E-state index contributed by atoms with van der Waals surface area (Å²) in [5.74, 6) is -1.22. The van der Waals surface area contributed by atoms with Crippen LogP contribution in [0.5, 0.6) is 0 Å². The number of nitrogens with zero attached hydrogens (tertiary/aromatic N) is 3. The number of halogens is 1. The summed E-state index contributed by atoms with van der Waals surface area (Å²) >= 11 is 6.10. The zero-order valence-electron chi connectivity index (χ0n) is 20.0. The lowest BCUT2D eigenvalue weighted by molar-refractivity contribution is -0.153. The van der Waals surface area contributed by atoms with Crippen molar-refractivity contribution in [2.24, 2.45) is 5.92 Å². The quantitative estimate of drug-likeness (QED) is 0.527. The maximum Gasteiger partial charge on any atom is 0.255 e. The van der Waals surface area contributed by atoms with Gasteiger partial charge >= 0.3 is 0 Å². The lowest BCUT2D eigenvalue weighted by Gasteiger charge is -2.34. The Kier molecular flexibility index (Phi) is 8.47. The van der Waals surface area contributed by atoms with E-state index in [0.29, 0.717) is 23.7 Å². The third kappa shape index (κ3) is 5.81. The lowest BCUT2D eigenvalue weighted by Crippen LogP contribution is -2.51. The van der Waals surface area contributed by atoms with E-state index in [1.807, 2.05) is 30.3 Å². The van der Waals surface area contributed by atoms with Crippen LogP contribution in [0.4, 0.5) is 5.69 Å². The number of amides is 2. The Bertz CT molecular complexity index is 1130. The van der Waals surface area contributed by atoms with Crippen molar-refractivity contribution in [2.45, 2.75) is 43.9 Å². The number of benzene rings is 2. The molecular weight excluding hydrogens is 480 g/mol. The fourth-order valence-electron chi connectivity index (χ4n) is 5.11. The highest BCUT2D eigenvalue weighted by molar-refractivity contribution is 6.30. The lowest BCUT2D eigenvalue weighted by atomic mass is 9.95. The summed E-state index contributed by atoms with van der Waals surface area (Å²) in [5.41, 5.74) is 2.42. The summed E-state index contributed by atoms with van der Waals surface area (Å²) in [4.78, 5) is 29.2. The van der Waals surface area contributed by atoms with Gasteiger partial charge in [-0.3, -0.25) is 9.59 Å². The predicted molar refractivity (Wildman–Crippen MR) is 136 cm³/mol.